The van der Waals surface area contributed by atoms with E-state index in [-0.39, 0.29) is 21.5 Å². The maximum atomic E-state index is 12.8. The Morgan fingerprint density at radius 1 is 1.14 bits per heavy atom. The van der Waals surface area contributed by atoms with E-state index in [1.807, 2.05) is 49.3 Å². The van der Waals surface area contributed by atoms with Crippen molar-refractivity contribution >= 4 is 27.5 Å². The Hall–Kier alpha value is -1.93. The average molecular weight is 436 g/mol. The van der Waals surface area contributed by atoms with Gasteiger partial charge in [-0.2, -0.15) is 4.31 Å². The number of sulfonamides is 1. The number of rotatable bonds is 7. The van der Waals surface area contributed by atoms with Crippen LogP contribution in [0.4, 0.5) is 0 Å². The van der Waals surface area contributed by atoms with Gasteiger partial charge < -0.3 is 10.2 Å². The highest BCUT2D eigenvalue weighted by Crippen LogP contribution is 2.25. The molecule has 0 aliphatic carbocycles. The monoisotopic (exact) mass is 435 g/mol. The van der Waals surface area contributed by atoms with Crippen LogP contribution in [-0.4, -0.2) is 57.3 Å². The average Bonchev–Trinajstić information content (AvgIpc) is 3.24. The number of carbonyl (C=O) groups excluding carboxylic acids is 1. The van der Waals surface area contributed by atoms with Crippen LogP contribution in [0.5, 0.6) is 0 Å². The highest BCUT2D eigenvalue weighted by Gasteiger charge is 2.28. The first kappa shape index (κ1) is 21.8. The second kappa shape index (κ2) is 9.26. The summed E-state index contributed by atoms with van der Waals surface area (Å²) in [6, 6.07) is 14.2. The van der Waals surface area contributed by atoms with Gasteiger partial charge in [0.15, 0.2) is 0 Å². The fraction of sp³-hybridized carbons (Fsp3) is 0.381. The van der Waals surface area contributed by atoms with E-state index in [2.05, 4.69) is 5.32 Å². The molecule has 1 unspecified atom stereocenters. The van der Waals surface area contributed by atoms with Crippen LogP contribution in [0.1, 0.15) is 34.8 Å². The summed E-state index contributed by atoms with van der Waals surface area (Å²) in [5.74, 6) is -0.392. The van der Waals surface area contributed by atoms with Crippen molar-refractivity contribution in [3.8, 4) is 0 Å². The molecule has 0 spiro atoms. The zero-order valence-corrected chi connectivity index (χ0v) is 18.2. The van der Waals surface area contributed by atoms with Gasteiger partial charge in [-0.25, -0.2) is 8.42 Å². The molecule has 1 N–H and O–H groups in total. The van der Waals surface area contributed by atoms with Gasteiger partial charge in [-0.3, -0.25) is 4.79 Å². The lowest BCUT2D eigenvalue weighted by atomic mass is 10.1. The van der Waals surface area contributed by atoms with Crippen molar-refractivity contribution in [1.82, 2.24) is 14.5 Å². The number of amides is 1. The normalized spacial score (nSPS) is 16.1. The van der Waals surface area contributed by atoms with Crippen LogP contribution in [0.3, 0.4) is 0 Å². The number of nitrogens with one attached hydrogen (secondary N) is 1. The van der Waals surface area contributed by atoms with E-state index in [0.29, 0.717) is 19.6 Å². The van der Waals surface area contributed by atoms with Gasteiger partial charge in [0.1, 0.15) is 0 Å². The fourth-order valence-corrected chi connectivity index (χ4v) is 5.22. The molecule has 1 saturated heterocycles. The van der Waals surface area contributed by atoms with Gasteiger partial charge in [-0.15, -0.1) is 0 Å². The van der Waals surface area contributed by atoms with E-state index in [1.165, 1.54) is 22.5 Å². The number of hydrogen-bond acceptors (Lipinski definition) is 4. The van der Waals surface area contributed by atoms with Gasteiger partial charge in [0, 0.05) is 19.6 Å². The summed E-state index contributed by atoms with van der Waals surface area (Å²) in [6.07, 6.45) is 1.71. The molecule has 2 aromatic rings. The predicted octanol–water partition coefficient (Wildman–Crippen LogP) is 3.16. The van der Waals surface area contributed by atoms with E-state index in [4.69, 9.17) is 11.6 Å². The molecule has 1 aliphatic heterocycles. The third kappa shape index (κ3) is 4.98. The van der Waals surface area contributed by atoms with Crippen LogP contribution in [-0.2, 0) is 10.0 Å². The number of likely N-dealkylation sites (N-methyl/N-ethyl adjacent to an activating group) is 1. The van der Waals surface area contributed by atoms with Gasteiger partial charge >= 0.3 is 0 Å². The second-order valence-corrected chi connectivity index (χ2v) is 9.70. The summed E-state index contributed by atoms with van der Waals surface area (Å²) in [4.78, 5) is 14.9. The first-order valence-electron chi connectivity index (χ1n) is 9.60. The number of carbonyl (C=O) groups is 1. The zero-order chi connectivity index (χ0) is 21.0. The molecule has 29 heavy (non-hydrogen) atoms. The molecule has 0 bridgehead atoms. The molecule has 6 nitrogen and oxygen atoms in total. The summed E-state index contributed by atoms with van der Waals surface area (Å²) in [6.45, 7) is 1.39. The molecule has 0 saturated carbocycles. The number of hydrogen-bond donors (Lipinski definition) is 1. The lowest BCUT2D eigenvalue weighted by molar-refractivity contribution is 0.0942. The molecular weight excluding hydrogens is 410 g/mol. The van der Waals surface area contributed by atoms with Gasteiger partial charge in [0.2, 0.25) is 10.0 Å². The SMILES string of the molecule is CN(C)C(CNC(=O)c1cc(S(=O)(=O)N2CCCC2)ccc1Cl)c1ccccc1. The lowest BCUT2D eigenvalue weighted by Crippen LogP contribution is -2.35. The Kier molecular flexibility index (Phi) is 6.95. The predicted molar refractivity (Wildman–Crippen MR) is 115 cm³/mol. The number of nitrogens with zero attached hydrogens (tertiary/aromatic N) is 2. The summed E-state index contributed by atoms with van der Waals surface area (Å²) in [7, 11) is 0.276. The van der Waals surface area contributed by atoms with Crippen LogP contribution in [0.15, 0.2) is 53.4 Å². The molecule has 1 heterocycles. The van der Waals surface area contributed by atoms with E-state index < -0.39 is 15.9 Å². The Morgan fingerprint density at radius 3 is 2.41 bits per heavy atom. The standard InChI is InChI=1S/C21H26ClN3O3S/c1-24(2)20(16-8-4-3-5-9-16)15-23-21(26)18-14-17(10-11-19(18)22)29(27,28)25-12-6-7-13-25/h3-5,8-11,14,20H,6-7,12-13,15H2,1-2H3,(H,23,26). The molecule has 1 fully saturated rings. The van der Waals surface area contributed by atoms with Crippen LogP contribution in [0, 0.1) is 0 Å². The van der Waals surface area contributed by atoms with E-state index in [1.54, 1.807) is 0 Å². The summed E-state index contributed by atoms with van der Waals surface area (Å²) in [5.41, 5.74) is 1.24. The van der Waals surface area contributed by atoms with E-state index in [9.17, 15) is 13.2 Å². The van der Waals surface area contributed by atoms with Crippen molar-refractivity contribution in [2.45, 2.75) is 23.8 Å². The maximum absolute atomic E-state index is 12.8. The van der Waals surface area contributed by atoms with Gasteiger partial charge in [-0.05, 0) is 50.7 Å². The number of halogens is 1. The minimum Gasteiger partial charge on any atom is -0.350 e. The first-order chi connectivity index (χ1) is 13.8. The smallest absolute Gasteiger partial charge is 0.252 e. The van der Waals surface area contributed by atoms with Crippen LogP contribution in [0.25, 0.3) is 0 Å². The maximum Gasteiger partial charge on any atom is 0.252 e. The Balaban J connectivity index is 1.78. The van der Waals surface area contributed by atoms with E-state index in [0.717, 1.165) is 18.4 Å². The number of benzene rings is 2. The van der Waals surface area contributed by atoms with Crippen LogP contribution < -0.4 is 5.32 Å². The summed E-state index contributed by atoms with van der Waals surface area (Å²) >= 11 is 6.22. The van der Waals surface area contributed by atoms with Crippen molar-refractivity contribution in [2.75, 3.05) is 33.7 Å². The molecule has 0 radical (unpaired) electrons. The zero-order valence-electron chi connectivity index (χ0n) is 16.6. The lowest BCUT2D eigenvalue weighted by Gasteiger charge is -2.25. The van der Waals surface area contributed by atoms with Crippen molar-refractivity contribution < 1.29 is 13.2 Å². The Labute approximate surface area is 177 Å². The van der Waals surface area contributed by atoms with Crippen LogP contribution in [0.2, 0.25) is 5.02 Å². The highest BCUT2D eigenvalue weighted by atomic mass is 35.5. The molecule has 1 aliphatic rings. The minimum atomic E-state index is -3.61. The quantitative estimate of drug-likeness (QED) is 0.725. The van der Waals surface area contributed by atoms with Crippen molar-refractivity contribution in [3.05, 3.63) is 64.7 Å². The third-order valence-corrected chi connectivity index (χ3v) is 7.37. The van der Waals surface area contributed by atoms with Gasteiger partial charge in [0.25, 0.3) is 5.91 Å². The van der Waals surface area contributed by atoms with Gasteiger partial charge in [-0.1, -0.05) is 41.9 Å². The molecule has 3 rings (SSSR count). The first-order valence-corrected chi connectivity index (χ1v) is 11.4. The third-order valence-electron chi connectivity index (χ3n) is 5.15. The van der Waals surface area contributed by atoms with Crippen molar-refractivity contribution in [1.29, 1.82) is 0 Å². The van der Waals surface area contributed by atoms with E-state index >= 15 is 0 Å². The summed E-state index contributed by atoms with van der Waals surface area (Å²) in [5, 5.41) is 3.12. The second-order valence-electron chi connectivity index (χ2n) is 7.35. The van der Waals surface area contributed by atoms with Crippen molar-refractivity contribution in [3.63, 3.8) is 0 Å². The topological polar surface area (TPSA) is 69.7 Å². The van der Waals surface area contributed by atoms with Gasteiger partial charge in [0.05, 0.1) is 21.5 Å². The Bertz CT molecular complexity index is 958. The fourth-order valence-electron chi connectivity index (χ4n) is 3.47. The van der Waals surface area contributed by atoms with Crippen LogP contribution >= 0.6 is 11.6 Å². The van der Waals surface area contributed by atoms with Crippen molar-refractivity contribution in [2.24, 2.45) is 0 Å². The largest absolute Gasteiger partial charge is 0.350 e. The molecular formula is C21H26ClN3O3S. The Morgan fingerprint density at radius 2 is 1.79 bits per heavy atom. The molecule has 1 atom stereocenters. The molecule has 1 amide bonds. The molecule has 8 heteroatoms. The minimum absolute atomic E-state index is 0.0181. The molecule has 0 aromatic heterocycles. The summed E-state index contributed by atoms with van der Waals surface area (Å²) < 4.78 is 27.1. The molecule has 2 aromatic carbocycles. The highest BCUT2D eigenvalue weighted by molar-refractivity contribution is 7.89. The molecule has 156 valence electrons.